The van der Waals surface area contributed by atoms with Crippen LogP contribution in [-0.2, 0) is 11.3 Å². The molecule has 4 aromatic heterocycles. The Morgan fingerprint density at radius 3 is 2.44 bits per heavy atom. The lowest BCUT2D eigenvalue weighted by atomic mass is 9.96. The highest BCUT2D eigenvalue weighted by Gasteiger charge is 2.25. The topological polar surface area (TPSA) is 142 Å². The lowest BCUT2D eigenvalue weighted by molar-refractivity contribution is -0.125. The number of aromatic nitrogens is 9. The van der Waals surface area contributed by atoms with Crippen LogP contribution in [0.4, 0.5) is 5.82 Å². The van der Waals surface area contributed by atoms with Gasteiger partial charge in [0.05, 0.1) is 12.2 Å². The molecule has 0 atom stereocenters. The van der Waals surface area contributed by atoms with Crippen molar-refractivity contribution in [2.75, 3.05) is 24.5 Å². The highest BCUT2D eigenvalue weighted by Crippen LogP contribution is 2.22. The molecule has 0 radical (unpaired) electrons. The maximum absolute atomic E-state index is 12.7. The lowest BCUT2D eigenvalue weighted by Gasteiger charge is -2.31. The monoisotopic (exact) mass is 489 g/mol. The van der Waals surface area contributed by atoms with Crippen molar-refractivity contribution in [3.8, 4) is 11.6 Å². The van der Waals surface area contributed by atoms with Crippen molar-refractivity contribution in [1.82, 2.24) is 49.8 Å². The molecular formula is C23H27N11O2. The fourth-order valence-corrected chi connectivity index (χ4v) is 4.31. The first-order valence-corrected chi connectivity index (χ1v) is 11.8. The number of hydrogen-bond donors (Lipinski definition) is 1. The van der Waals surface area contributed by atoms with Gasteiger partial charge in [0.25, 0.3) is 5.56 Å². The molecule has 1 aliphatic rings. The number of piperidine rings is 1. The Bertz CT molecular complexity index is 1380. The van der Waals surface area contributed by atoms with Crippen LogP contribution in [0.3, 0.4) is 0 Å². The Balaban J connectivity index is 1.11. The Morgan fingerprint density at radius 2 is 1.78 bits per heavy atom. The Morgan fingerprint density at radius 1 is 1.03 bits per heavy atom. The quantitative estimate of drug-likeness (QED) is 0.391. The molecule has 36 heavy (non-hydrogen) atoms. The molecule has 5 heterocycles. The average Bonchev–Trinajstić information content (AvgIpc) is 3.55. The van der Waals surface area contributed by atoms with Gasteiger partial charge in [0.2, 0.25) is 5.91 Å². The van der Waals surface area contributed by atoms with Gasteiger partial charge < -0.3 is 10.2 Å². The Kier molecular flexibility index (Phi) is 6.52. The fraction of sp³-hybridized carbons (Fsp3) is 0.391. The number of aryl methyl sites for hydroxylation is 2. The van der Waals surface area contributed by atoms with E-state index >= 15 is 0 Å². The van der Waals surface area contributed by atoms with E-state index in [0.29, 0.717) is 44.1 Å². The summed E-state index contributed by atoms with van der Waals surface area (Å²) in [7, 11) is 0. The standard InChI is InChI=1S/C23H27N11O2/c1-16-13-17(2)34(29-16)20-4-3-19(27-28-20)31-10-7-18(8-11-31)23(36)25-9-12-32-22(35)6-5-21(30-32)33-15-24-14-26-33/h3-6,13-15,18H,7-12H2,1-2H3,(H,25,36). The molecule has 13 heteroatoms. The first-order valence-electron chi connectivity index (χ1n) is 11.8. The van der Waals surface area contributed by atoms with Crippen LogP contribution in [0.25, 0.3) is 11.6 Å². The highest BCUT2D eigenvalue weighted by molar-refractivity contribution is 5.78. The Labute approximate surface area is 206 Å². The van der Waals surface area contributed by atoms with Crippen molar-refractivity contribution in [3.05, 3.63) is 64.7 Å². The molecule has 13 nitrogen and oxygen atoms in total. The molecule has 1 aliphatic heterocycles. The normalized spacial score (nSPS) is 14.2. The number of anilines is 1. The van der Waals surface area contributed by atoms with Gasteiger partial charge in [-0.05, 0) is 51.0 Å². The van der Waals surface area contributed by atoms with Crippen LogP contribution in [-0.4, -0.2) is 70.1 Å². The molecule has 1 N–H and O–H groups in total. The van der Waals surface area contributed by atoms with E-state index in [9.17, 15) is 9.59 Å². The summed E-state index contributed by atoms with van der Waals surface area (Å²) < 4.78 is 4.56. The Hall–Kier alpha value is -4.42. The lowest BCUT2D eigenvalue weighted by Crippen LogP contribution is -2.42. The van der Waals surface area contributed by atoms with Crippen LogP contribution >= 0.6 is 0 Å². The summed E-state index contributed by atoms with van der Waals surface area (Å²) in [5.41, 5.74) is 1.69. The summed E-state index contributed by atoms with van der Waals surface area (Å²) >= 11 is 0. The molecule has 1 fully saturated rings. The van der Waals surface area contributed by atoms with Crippen molar-refractivity contribution in [2.45, 2.75) is 33.2 Å². The number of nitrogens with zero attached hydrogens (tertiary/aromatic N) is 10. The van der Waals surface area contributed by atoms with E-state index in [0.717, 1.165) is 17.2 Å². The summed E-state index contributed by atoms with van der Waals surface area (Å²) in [6.45, 7) is 5.94. The third-order valence-corrected chi connectivity index (χ3v) is 6.18. The van der Waals surface area contributed by atoms with Crippen molar-refractivity contribution in [3.63, 3.8) is 0 Å². The van der Waals surface area contributed by atoms with Gasteiger partial charge in [-0.25, -0.2) is 19.0 Å². The van der Waals surface area contributed by atoms with E-state index in [2.05, 4.69) is 40.7 Å². The van der Waals surface area contributed by atoms with E-state index < -0.39 is 0 Å². The highest BCUT2D eigenvalue weighted by atomic mass is 16.2. The largest absolute Gasteiger partial charge is 0.355 e. The SMILES string of the molecule is Cc1cc(C)n(-c2ccc(N3CCC(C(=O)NCCn4nc(-n5cncn5)ccc4=O)CC3)nn2)n1. The van der Waals surface area contributed by atoms with E-state index in [4.69, 9.17) is 0 Å². The summed E-state index contributed by atoms with van der Waals surface area (Å²) in [4.78, 5) is 30.9. The predicted molar refractivity (Wildman–Crippen MR) is 130 cm³/mol. The third kappa shape index (κ3) is 4.99. The van der Waals surface area contributed by atoms with Crippen LogP contribution in [0.2, 0.25) is 0 Å². The zero-order valence-electron chi connectivity index (χ0n) is 20.2. The number of rotatable bonds is 7. The molecule has 4 aromatic rings. The molecular weight excluding hydrogens is 462 g/mol. The smallest absolute Gasteiger partial charge is 0.266 e. The van der Waals surface area contributed by atoms with Crippen LogP contribution < -0.4 is 15.8 Å². The maximum Gasteiger partial charge on any atom is 0.266 e. The van der Waals surface area contributed by atoms with Crippen LogP contribution in [0.5, 0.6) is 0 Å². The van der Waals surface area contributed by atoms with Gasteiger partial charge in [-0.1, -0.05) is 0 Å². The number of carbonyl (C=O) groups is 1. The van der Waals surface area contributed by atoms with E-state index in [1.54, 1.807) is 10.7 Å². The molecule has 0 spiro atoms. The molecule has 1 saturated heterocycles. The molecule has 0 aliphatic carbocycles. The van der Waals surface area contributed by atoms with E-state index in [1.807, 2.05) is 32.0 Å². The zero-order chi connectivity index (χ0) is 25.1. The van der Waals surface area contributed by atoms with Gasteiger partial charge in [-0.15, -0.1) is 15.3 Å². The van der Waals surface area contributed by atoms with Crippen LogP contribution in [0.1, 0.15) is 24.2 Å². The number of amides is 1. The molecule has 0 aromatic carbocycles. The summed E-state index contributed by atoms with van der Waals surface area (Å²) in [5, 5.41) is 24.4. The average molecular weight is 490 g/mol. The van der Waals surface area contributed by atoms with Gasteiger partial charge in [0.15, 0.2) is 17.5 Å². The second-order valence-corrected chi connectivity index (χ2v) is 8.73. The number of hydrogen-bond acceptors (Lipinski definition) is 9. The first-order chi connectivity index (χ1) is 17.5. The minimum Gasteiger partial charge on any atom is -0.355 e. The molecule has 1 amide bonds. The van der Waals surface area contributed by atoms with Crippen molar-refractivity contribution < 1.29 is 4.79 Å². The molecule has 186 valence electrons. The van der Waals surface area contributed by atoms with Gasteiger partial charge in [-0.2, -0.15) is 10.2 Å². The predicted octanol–water partition coefficient (Wildman–Crippen LogP) is 0.449. The van der Waals surface area contributed by atoms with Gasteiger partial charge in [0, 0.05) is 37.3 Å². The molecule has 0 unspecified atom stereocenters. The van der Waals surface area contributed by atoms with Crippen LogP contribution in [0.15, 0.2) is 47.8 Å². The summed E-state index contributed by atoms with van der Waals surface area (Å²) in [6.07, 6.45) is 4.33. The maximum atomic E-state index is 12.7. The molecule has 5 rings (SSSR count). The second kappa shape index (κ2) is 10.1. The van der Waals surface area contributed by atoms with Gasteiger partial charge in [-0.3, -0.25) is 9.59 Å². The van der Waals surface area contributed by atoms with Crippen LogP contribution in [0, 0.1) is 19.8 Å². The van der Waals surface area contributed by atoms with Gasteiger partial charge in [0.1, 0.15) is 12.7 Å². The molecule has 0 saturated carbocycles. The zero-order valence-corrected chi connectivity index (χ0v) is 20.2. The van der Waals surface area contributed by atoms with Gasteiger partial charge >= 0.3 is 0 Å². The van der Waals surface area contributed by atoms with Crippen molar-refractivity contribution in [1.29, 1.82) is 0 Å². The minimum absolute atomic E-state index is 0.0129. The summed E-state index contributed by atoms with van der Waals surface area (Å²) in [6, 6.07) is 8.85. The van der Waals surface area contributed by atoms with E-state index in [-0.39, 0.29) is 23.9 Å². The summed E-state index contributed by atoms with van der Waals surface area (Å²) in [5.74, 6) is 1.85. The molecule has 0 bridgehead atoms. The van der Waals surface area contributed by atoms with Crippen molar-refractivity contribution in [2.24, 2.45) is 5.92 Å². The minimum atomic E-state index is -0.244. The third-order valence-electron chi connectivity index (χ3n) is 6.18. The second-order valence-electron chi connectivity index (χ2n) is 8.73. The van der Waals surface area contributed by atoms with E-state index in [1.165, 1.54) is 28.1 Å². The first kappa shape index (κ1) is 23.3. The number of nitrogens with one attached hydrogen (secondary N) is 1. The van der Waals surface area contributed by atoms with Crippen molar-refractivity contribution >= 4 is 11.7 Å². The fourth-order valence-electron chi connectivity index (χ4n) is 4.31. The number of carbonyl (C=O) groups excluding carboxylic acids is 1.